The molecule has 20 heavy (non-hydrogen) atoms. The largest absolute Gasteiger partial charge is 0.324 e. The first-order valence-corrected chi connectivity index (χ1v) is 7.48. The topological polar surface area (TPSA) is 29.9 Å². The van der Waals surface area contributed by atoms with Gasteiger partial charge < -0.3 is 9.88 Å². The van der Waals surface area contributed by atoms with Gasteiger partial charge in [-0.15, -0.1) is 6.58 Å². The lowest BCUT2D eigenvalue weighted by Crippen LogP contribution is -2.18. The highest BCUT2D eigenvalue weighted by Crippen LogP contribution is 2.22. The molecule has 0 bridgehead atoms. The number of hydrogen-bond donors (Lipinski definition) is 1. The van der Waals surface area contributed by atoms with Crippen molar-refractivity contribution in [2.75, 3.05) is 13.1 Å². The van der Waals surface area contributed by atoms with Gasteiger partial charge in [-0.3, -0.25) is 0 Å². The van der Waals surface area contributed by atoms with Crippen LogP contribution in [0.25, 0.3) is 11.0 Å². The molecule has 2 rings (SSSR count). The first-order chi connectivity index (χ1) is 9.67. The Bertz CT molecular complexity index is 581. The second-order valence-electron chi connectivity index (χ2n) is 5.43. The molecule has 108 valence electrons. The van der Waals surface area contributed by atoms with Gasteiger partial charge in [0.15, 0.2) is 0 Å². The van der Waals surface area contributed by atoms with E-state index in [0.29, 0.717) is 5.92 Å². The number of likely N-dealkylation sites (N-methyl/N-ethyl adjacent to an activating group) is 1. The van der Waals surface area contributed by atoms with E-state index in [0.717, 1.165) is 37.4 Å². The average molecular weight is 271 g/mol. The number of aromatic nitrogens is 2. The molecule has 0 aliphatic heterocycles. The zero-order valence-electron chi connectivity index (χ0n) is 12.8. The van der Waals surface area contributed by atoms with E-state index < -0.39 is 0 Å². The summed E-state index contributed by atoms with van der Waals surface area (Å²) in [6.07, 6.45) is 2.89. The minimum atomic E-state index is 0.536. The summed E-state index contributed by atoms with van der Waals surface area (Å²) in [6.45, 7) is 13.2. The molecule has 0 atom stereocenters. The second kappa shape index (κ2) is 6.71. The summed E-state index contributed by atoms with van der Waals surface area (Å²) in [7, 11) is 0. The number of benzene rings is 1. The van der Waals surface area contributed by atoms with Crippen LogP contribution in [-0.2, 0) is 13.0 Å². The van der Waals surface area contributed by atoms with E-state index in [1.54, 1.807) is 0 Å². The Hall–Kier alpha value is -1.61. The molecule has 0 spiro atoms. The van der Waals surface area contributed by atoms with E-state index in [4.69, 9.17) is 4.98 Å². The van der Waals surface area contributed by atoms with Crippen LogP contribution < -0.4 is 5.32 Å². The second-order valence-corrected chi connectivity index (χ2v) is 5.43. The molecule has 0 saturated carbocycles. The van der Waals surface area contributed by atoms with Crippen LogP contribution in [0.15, 0.2) is 30.9 Å². The molecule has 0 fully saturated rings. The Labute approximate surface area is 121 Å². The fourth-order valence-corrected chi connectivity index (χ4v) is 2.46. The van der Waals surface area contributed by atoms with Crippen LogP contribution in [0.5, 0.6) is 0 Å². The number of nitrogens with one attached hydrogen (secondary N) is 1. The van der Waals surface area contributed by atoms with Gasteiger partial charge in [-0.1, -0.05) is 32.9 Å². The normalized spacial score (nSPS) is 11.4. The molecule has 1 N–H and O–H groups in total. The first kappa shape index (κ1) is 14.8. The third kappa shape index (κ3) is 3.10. The number of imidazole rings is 1. The van der Waals surface area contributed by atoms with Gasteiger partial charge in [0, 0.05) is 19.5 Å². The van der Waals surface area contributed by atoms with Crippen molar-refractivity contribution in [3.63, 3.8) is 0 Å². The number of allylic oxidation sites excluding steroid dienone is 1. The number of fused-ring (bicyclic) bond motifs is 1. The van der Waals surface area contributed by atoms with Gasteiger partial charge in [-0.05, 0) is 30.2 Å². The number of rotatable bonds is 7. The molecule has 0 aliphatic carbocycles. The van der Waals surface area contributed by atoms with Crippen molar-refractivity contribution in [1.29, 1.82) is 0 Å². The maximum absolute atomic E-state index is 4.82. The van der Waals surface area contributed by atoms with Crippen LogP contribution in [0, 0.1) is 0 Å². The maximum Gasteiger partial charge on any atom is 0.111 e. The van der Waals surface area contributed by atoms with E-state index >= 15 is 0 Å². The third-order valence-corrected chi connectivity index (χ3v) is 3.61. The molecule has 3 heteroatoms. The van der Waals surface area contributed by atoms with Crippen LogP contribution in [-0.4, -0.2) is 22.6 Å². The van der Waals surface area contributed by atoms with Crippen molar-refractivity contribution < 1.29 is 0 Å². The minimum absolute atomic E-state index is 0.536. The van der Waals surface area contributed by atoms with Crippen LogP contribution in [0.3, 0.4) is 0 Å². The monoisotopic (exact) mass is 271 g/mol. The van der Waals surface area contributed by atoms with E-state index in [-0.39, 0.29) is 0 Å². The lowest BCUT2D eigenvalue weighted by atomic mass is 10.0. The summed E-state index contributed by atoms with van der Waals surface area (Å²) in [5.41, 5.74) is 3.66. The zero-order chi connectivity index (χ0) is 14.5. The fraction of sp³-hybridized carbons (Fsp3) is 0.471. The Morgan fingerprint density at radius 1 is 1.40 bits per heavy atom. The van der Waals surface area contributed by atoms with Gasteiger partial charge in [-0.25, -0.2) is 4.98 Å². The predicted octanol–water partition coefficient (Wildman–Crippen LogP) is 3.50. The summed E-state index contributed by atoms with van der Waals surface area (Å²) < 4.78 is 2.27. The van der Waals surface area contributed by atoms with E-state index in [9.17, 15) is 0 Å². The summed E-state index contributed by atoms with van der Waals surface area (Å²) in [5, 5.41) is 3.36. The predicted molar refractivity (Wildman–Crippen MR) is 86.3 cm³/mol. The SMILES string of the molecule is C=CCn1c(CCNCC)nc2cc(C(C)C)ccc21. The molecule has 1 aromatic carbocycles. The molecule has 1 aromatic heterocycles. The van der Waals surface area contributed by atoms with Gasteiger partial charge in [-0.2, -0.15) is 0 Å². The Balaban J connectivity index is 2.39. The Kier molecular flexibility index (Phi) is 4.96. The Morgan fingerprint density at radius 3 is 2.85 bits per heavy atom. The van der Waals surface area contributed by atoms with Crippen molar-refractivity contribution in [2.24, 2.45) is 0 Å². The molecule has 1 heterocycles. The zero-order valence-corrected chi connectivity index (χ0v) is 12.8. The molecule has 0 saturated heterocycles. The van der Waals surface area contributed by atoms with E-state index in [2.05, 4.69) is 55.4 Å². The molecule has 0 unspecified atom stereocenters. The number of hydrogen-bond acceptors (Lipinski definition) is 2. The summed E-state index contributed by atoms with van der Waals surface area (Å²) in [5.74, 6) is 1.68. The third-order valence-electron chi connectivity index (χ3n) is 3.61. The molecule has 0 radical (unpaired) electrons. The lowest BCUT2D eigenvalue weighted by molar-refractivity contribution is 0.668. The summed E-state index contributed by atoms with van der Waals surface area (Å²) in [6, 6.07) is 6.62. The maximum atomic E-state index is 4.82. The summed E-state index contributed by atoms with van der Waals surface area (Å²) >= 11 is 0. The fourth-order valence-electron chi connectivity index (χ4n) is 2.46. The van der Waals surface area contributed by atoms with Gasteiger partial charge in [0.2, 0.25) is 0 Å². The van der Waals surface area contributed by atoms with Gasteiger partial charge >= 0.3 is 0 Å². The van der Waals surface area contributed by atoms with Crippen molar-refractivity contribution in [3.05, 3.63) is 42.2 Å². The van der Waals surface area contributed by atoms with Crippen molar-refractivity contribution in [2.45, 2.75) is 39.7 Å². The molecule has 3 nitrogen and oxygen atoms in total. The van der Waals surface area contributed by atoms with Crippen LogP contribution in [0.4, 0.5) is 0 Å². The molecular formula is C17H25N3. The standard InChI is InChI=1S/C17H25N3/c1-5-11-20-16-8-7-14(13(3)4)12-15(16)19-17(20)9-10-18-6-2/h5,7-8,12-13,18H,1,6,9-11H2,2-4H3. The molecule has 0 amide bonds. The van der Waals surface area contributed by atoms with Crippen molar-refractivity contribution in [1.82, 2.24) is 14.9 Å². The van der Waals surface area contributed by atoms with Crippen LogP contribution >= 0.6 is 0 Å². The van der Waals surface area contributed by atoms with Gasteiger partial charge in [0.1, 0.15) is 5.82 Å². The highest BCUT2D eigenvalue weighted by Gasteiger charge is 2.11. The minimum Gasteiger partial charge on any atom is -0.324 e. The summed E-state index contributed by atoms with van der Waals surface area (Å²) in [4.78, 5) is 4.82. The Morgan fingerprint density at radius 2 is 2.20 bits per heavy atom. The smallest absolute Gasteiger partial charge is 0.111 e. The number of nitrogens with zero attached hydrogens (tertiary/aromatic N) is 2. The van der Waals surface area contributed by atoms with Crippen molar-refractivity contribution >= 4 is 11.0 Å². The van der Waals surface area contributed by atoms with Gasteiger partial charge in [0.05, 0.1) is 11.0 Å². The molecule has 0 aliphatic rings. The molecular weight excluding hydrogens is 246 g/mol. The highest BCUT2D eigenvalue weighted by molar-refractivity contribution is 5.77. The van der Waals surface area contributed by atoms with Gasteiger partial charge in [0.25, 0.3) is 0 Å². The molecule has 2 aromatic rings. The highest BCUT2D eigenvalue weighted by atomic mass is 15.1. The average Bonchev–Trinajstić information content (AvgIpc) is 2.77. The van der Waals surface area contributed by atoms with Crippen molar-refractivity contribution in [3.8, 4) is 0 Å². The first-order valence-electron chi connectivity index (χ1n) is 7.48. The van der Waals surface area contributed by atoms with Crippen LogP contribution in [0.1, 0.15) is 38.1 Å². The van der Waals surface area contributed by atoms with E-state index in [1.165, 1.54) is 11.1 Å². The van der Waals surface area contributed by atoms with E-state index in [1.807, 2.05) is 6.08 Å². The quantitative estimate of drug-likeness (QED) is 0.617. The van der Waals surface area contributed by atoms with Crippen LogP contribution in [0.2, 0.25) is 0 Å². The lowest BCUT2D eigenvalue weighted by Gasteiger charge is -2.07.